The summed E-state index contributed by atoms with van der Waals surface area (Å²) < 4.78 is 6.43. The van der Waals surface area contributed by atoms with Crippen molar-refractivity contribution >= 4 is 71.3 Å². The third-order valence-electron chi connectivity index (χ3n) is 12.8. The first-order chi connectivity index (χ1) is 28.3. The van der Waals surface area contributed by atoms with Gasteiger partial charge in [-0.1, -0.05) is 146 Å². The molecule has 2 nitrogen and oxygen atoms in total. The maximum absolute atomic E-state index is 6.43. The van der Waals surface area contributed by atoms with Gasteiger partial charge in [-0.15, -0.1) is 0 Å². The van der Waals surface area contributed by atoms with Crippen molar-refractivity contribution in [3.63, 3.8) is 0 Å². The zero-order valence-corrected chi connectivity index (χ0v) is 30.9. The summed E-state index contributed by atoms with van der Waals surface area (Å²) in [6, 6.07) is 73.8. The quantitative estimate of drug-likeness (QED) is 0.169. The zero-order valence-electron chi connectivity index (χ0n) is 30.9. The molecule has 0 fully saturated rings. The van der Waals surface area contributed by atoms with Crippen molar-refractivity contribution in [2.24, 2.45) is 0 Å². The molecule has 0 saturated carbocycles. The molecule has 0 atom stereocenters. The minimum Gasteiger partial charge on any atom is -0.456 e. The number of para-hydroxylation sites is 2. The first kappa shape index (κ1) is 30.9. The van der Waals surface area contributed by atoms with Gasteiger partial charge in [-0.3, -0.25) is 0 Å². The minimum absolute atomic E-state index is 0.422. The lowest BCUT2D eigenvalue weighted by Gasteiger charge is -2.32. The maximum atomic E-state index is 6.43. The molecule has 2 aliphatic carbocycles. The van der Waals surface area contributed by atoms with Gasteiger partial charge >= 0.3 is 0 Å². The molecule has 0 N–H and O–H groups in total. The van der Waals surface area contributed by atoms with E-state index in [1.165, 1.54) is 82.2 Å². The van der Waals surface area contributed by atoms with Crippen LogP contribution in [-0.4, -0.2) is 0 Å². The van der Waals surface area contributed by atoms with Crippen LogP contribution >= 0.6 is 0 Å². The molecule has 57 heavy (non-hydrogen) atoms. The summed E-state index contributed by atoms with van der Waals surface area (Å²) in [6.07, 6.45) is 0. The summed E-state index contributed by atoms with van der Waals surface area (Å²) in [5, 5.41) is 9.72. The van der Waals surface area contributed by atoms with E-state index in [1.54, 1.807) is 0 Å². The highest BCUT2D eigenvalue weighted by Crippen LogP contribution is 2.63. The van der Waals surface area contributed by atoms with Gasteiger partial charge in [-0.05, 0) is 126 Å². The fourth-order valence-electron chi connectivity index (χ4n) is 10.6. The average molecular weight is 724 g/mol. The van der Waals surface area contributed by atoms with Gasteiger partial charge in [0.2, 0.25) is 0 Å². The summed E-state index contributed by atoms with van der Waals surface area (Å²) in [6.45, 7) is 0. The van der Waals surface area contributed by atoms with E-state index >= 15 is 0 Å². The number of benzene rings is 10. The monoisotopic (exact) mass is 723 g/mol. The molecule has 1 aromatic heterocycles. The topological polar surface area (TPSA) is 16.4 Å². The van der Waals surface area contributed by atoms with Gasteiger partial charge in [-0.25, -0.2) is 0 Å². The van der Waals surface area contributed by atoms with Gasteiger partial charge in [0.1, 0.15) is 11.2 Å². The highest BCUT2D eigenvalue weighted by atomic mass is 16.3. The largest absolute Gasteiger partial charge is 0.456 e. The second-order valence-corrected chi connectivity index (χ2v) is 15.5. The first-order valence-corrected chi connectivity index (χ1v) is 19.8. The van der Waals surface area contributed by atoms with E-state index in [9.17, 15) is 0 Å². The fourth-order valence-corrected chi connectivity index (χ4v) is 10.6. The molecule has 0 bridgehead atoms. The lowest BCUT2D eigenvalue weighted by Crippen LogP contribution is -2.26. The van der Waals surface area contributed by atoms with E-state index in [4.69, 9.17) is 4.42 Å². The molecule has 0 saturated heterocycles. The molecule has 264 valence electrons. The Kier molecular flexibility index (Phi) is 6.13. The zero-order chi connectivity index (χ0) is 37.2. The first-order valence-electron chi connectivity index (χ1n) is 19.8. The van der Waals surface area contributed by atoms with Crippen molar-refractivity contribution in [1.29, 1.82) is 0 Å². The third kappa shape index (κ3) is 3.99. The van der Waals surface area contributed by atoms with Gasteiger partial charge in [0, 0.05) is 33.2 Å². The van der Waals surface area contributed by atoms with E-state index in [2.05, 4.69) is 205 Å². The SMILES string of the molecule is c1ccc(N(c2ccc3c(c2)C2(c4ccccc4-c4ccccc42)c2ccccc2-3)c2ccc3c4ccccc4c4c(ccc5oc6ccccc6c54)c3c2)cc1. The number of hydrogen-bond donors (Lipinski definition) is 0. The highest BCUT2D eigenvalue weighted by Gasteiger charge is 2.51. The van der Waals surface area contributed by atoms with Crippen LogP contribution in [0.1, 0.15) is 22.3 Å². The third-order valence-corrected chi connectivity index (χ3v) is 12.8. The Morgan fingerprint density at radius 3 is 1.53 bits per heavy atom. The second kappa shape index (κ2) is 11.3. The van der Waals surface area contributed by atoms with Crippen LogP contribution in [0.2, 0.25) is 0 Å². The van der Waals surface area contributed by atoms with Crippen LogP contribution in [0.4, 0.5) is 17.1 Å². The minimum atomic E-state index is -0.422. The molecule has 2 aliphatic rings. The van der Waals surface area contributed by atoms with E-state index in [1.807, 2.05) is 0 Å². The summed E-state index contributed by atoms with van der Waals surface area (Å²) in [5.41, 5.74) is 15.4. The molecule has 0 radical (unpaired) electrons. The molecule has 11 aromatic rings. The molecule has 2 heteroatoms. The predicted octanol–water partition coefficient (Wildman–Crippen LogP) is 14.9. The van der Waals surface area contributed by atoms with Crippen LogP contribution < -0.4 is 4.90 Å². The molecule has 13 rings (SSSR count). The Labute approximate surface area is 329 Å². The second-order valence-electron chi connectivity index (χ2n) is 15.5. The molecular weight excluding hydrogens is 691 g/mol. The Balaban J connectivity index is 1.10. The number of rotatable bonds is 3. The van der Waals surface area contributed by atoms with E-state index in [0.29, 0.717) is 0 Å². The number of furan rings is 1. The van der Waals surface area contributed by atoms with E-state index in [-0.39, 0.29) is 0 Å². The van der Waals surface area contributed by atoms with Crippen molar-refractivity contribution in [1.82, 2.24) is 0 Å². The number of nitrogens with zero attached hydrogens (tertiary/aromatic N) is 1. The molecule has 0 amide bonds. The summed E-state index contributed by atoms with van der Waals surface area (Å²) >= 11 is 0. The number of hydrogen-bond acceptors (Lipinski definition) is 2. The smallest absolute Gasteiger partial charge is 0.136 e. The van der Waals surface area contributed by atoms with E-state index < -0.39 is 5.41 Å². The van der Waals surface area contributed by atoms with Gasteiger partial charge in [-0.2, -0.15) is 0 Å². The van der Waals surface area contributed by atoms with Gasteiger partial charge in [0.05, 0.1) is 5.41 Å². The lowest BCUT2D eigenvalue weighted by molar-refractivity contribution is 0.669. The molecule has 1 heterocycles. The van der Waals surface area contributed by atoms with Crippen LogP contribution in [0.5, 0.6) is 0 Å². The normalized spacial score (nSPS) is 13.4. The Morgan fingerprint density at radius 1 is 0.298 bits per heavy atom. The van der Waals surface area contributed by atoms with Crippen LogP contribution in [0.3, 0.4) is 0 Å². The molecule has 10 aromatic carbocycles. The fraction of sp³-hybridized carbons (Fsp3) is 0.0182. The lowest BCUT2D eigenvalue weighted by atomic mass is 9.70. The van der Waals surface area contributed by atoms with Crippen molar-refractivity contribution in [3.05, 3.63) is 222 Å². The van der Waals surface area contributed by atoms with Crippen LogP contribution in [0, 0.1) is 0 Å². The Morgan fingerprint density at radius 2 is 0.807 bits per heavy atom. The van der Waals surface area contributed by atoms with Crippen LogP contribution in [0.15, 0.2) is 205 Å². The Hall–Kier alpha value is -7.42. The molecular formula is C55H33NO. The summed E-state index contributed by atoms with van der Waals surface area (Å²) in [4.78, 5) is 2.44. The highest BCUT2D eigenvalue weighted by molar-refractivity contribution is 6.34. The molecule has 1 spiro atoms. The van der Waals surface area contributed by atoms with Crippen molar-refractivity contribution < 1.29 is 4.42 Å². The van der Waals surface area contributed by atoms with Gasteiger partial charge < -0.3 is 9.32 Å². The molecule has 0 aliphatic heterocycles. The average Bonchev–Trinajstić information content (AvgIpc) is 3.91. The number of anilines is 3. The van der Waals surface area contributed by atoms with Crippen molar-refractivity contribution in [2.75, 3.05) is 4.90 Å². The van der Waals surface area contributed by atoms with E-state index in [0.717, 1.165) is 33.6 Å². The standard InChI is InChI=1S/C55H33NO/c1-2-14-34(15-3-1)56(35-26-28-38-37-16-4-5-20-43(37)53-44(46(38)32-35)30-31-52-54(53)45-21-9-13-25-51(45)57-52)36-27-29-42-41-19-8-12-24-49(41)55(50(42)33-36)47-22-10-6-17-39(47)40-18-7-11-23-48(40)55/h1-33H. The summed E-state index contributed by atoms with van der Waals surface area (Å²) in [5.74, 6) is 0. The molecule has 0 unspecified atom stereocenters. The van der Waals surface area contributed by atoms with Crippen LogP contribution in [0.25, 0.3) is 76.5 Å². The van der Waals surface area contributed by atoms with Crippen molar-refractivity contribution in [3.8, 4) is 22.3 Å². The van der Waals surface area contributed by atoms with Crippen molar-refractivity contribution in [2.45, 2.75) is 5.41 Å². The Bertz CT molecular complexity index is 3420. The van der Waals surface area contributed by atoms with Gasteiger partial charge in [0.15, 0.2) is 0 Å². The van der Waals surface area contributed by atoms with Crippen LogP contribution in [-0.2, 0) is 5.41 Å². The van der Waals surface area contributed by atoms with Gasteiger partial charge in [0.25, 0.3) is 0 Å². The number of fused-ring (bicyclic) bond motifs is 20. The maximum Gasteiger partial charge on any atom is 0.136 e. The summed E-state index contributed by atoms with van der Waals surface area (Å²) in [7, 11) is 0. The predicted molar refractivity (Wildman–Crippen MR) is 237 cm³/mol.